The lowest BCUT2D eigenvalue weighted by molar-refractivity contribution is 0.480. The first-order valence-electron chi connectivity index (χ1n) is 6.43. The van der Waals surface area contributed by atoms with Gasteiger partial charge in [0.25, 0.3) is 0 Å². The molecule has 0 aliphatic carbocycles. The van der Waals surface area contributed by atoms with Gasteiger partial charge in [0.2, 0.25) is 0 Å². The summed E-state index contributed by atoms with van der Waals surface area (Å²) < 4.78 is 5.67. The van der Waals surface area contributed by atoms with Crippen LogP contribution in [0.25, 0.3) is 0 Å². The maximum absolute atomic E-state index is 6.23. The van der Waals surface area contributed by atoms with Crippen molar-refractivity contribution < 1.29 is 4.74 Å². The molecule has 7 heteroatoms. The predicted molar refractivity (Wildman–Crippen MR) is 85.5 cm³/mol. The van der Waals surface area contributed by atoms with E-state index in [0.717, 1.165) is 5.69 Å². The van der Waals surface area contributed by atoms with Gasteiger partial charge in [-0.05, 0) is 30.3 Å². The summed E-state index contributed by atoms with van der Waals surface area (Å²) in [6.45, 7) is 0. The van der Waals surface area contributed by atoms with Crippen molar-refractivity contribution in [2.45, 2.75) is 0 Å². The SMILES string of the molecule is Nc1cc(Nc2ccc(Oc3cccnc3)c(Cl)c2)ncn1. The monoisotopic (exact) mass is 313 g/mol. The first-order valence-corrected chi connectivity index (χ1v) is 6.80. The number of halogens is 1. The number of nitrogens with two attached hydrogens (primary N) is 1. The maximum atomic E-state index is 6.23. The molecule has 0 fully saturated rings. The summed E-state index contributed by atoms with van der Waals surface area (Å²) in [4.78, 5) is 11.9. The number of nitrogen functional groups attached to an aromatic ring is 1. The Balaban J connectivity index is 1.77. The number of pyridine rings is 1. The van der Waals surface area contributed by atoms with Crippen molar-refractivity contribution in [1.29, 1.82) is 0 Å². The molecule has 0 aliphatic heterocycles. The quantitative estimate of drug-likeness (QED) is 0.764. The third-order valence-corrected chi connectivity index (χ3v) is 3.05. The van der Waals surface area contributed by atoms with Crippen molar-refractivity contribution in [3.05, 3.63) is 60.1 Å². The van der Waals surface area contributed by atoms with Gasteiger partial charge in [-0.25, -0.2) is 9.97 Å². The van der Waals surface area contributed by atoms with Gasteiger partial charge in [-0.1, -0.05) is 11.6 Å². The third kappa shape index (κ3) is 3.42. The fourth-order valence-electron chi connectivity index (χ4n) is 1.78. The second kappa shape index (κ2) is 6.28. The van der Waals surface area contributed by atoms with Crippen molar-refractivity contribution in [3.8, 4) is 11.5 Å². The van der Waals surface area contributed by atoms with E-state index in [1.807, 2.05) is 6.07 Å². The van der Waals surface area contributed by atoms with Crippen LogP contribution < -0.4 is 15.8 Å². The molecule has 0 saturated heterocycles. The summed E-state index contributed by atoms with van der Waals surface area (Å²) in [7, 11) is 0. The standard InChI is InChI=1S/C15H12ClN5O/c16-12-6-10(21-15-7-14(17)19-9-20-15)3-4-13(12)22-11-2-1-5-18-8-11/h1-9H,(H3,17,19,20,21). The van der Waals surface area contributed by atoms with Crippen LogP contribution in [-0.4, -0.2) is 15.0 Å². The molecular weight excluding hydrogens is 302 g/mol. The fraction of sp³-hybridized carbons (Fsp3) is 0. The molecule has 0 atom stereocenters. The van der Waals surface area contributed by atoms with Crippen molar-refractivity contribution >= 4 is 28.9 Å². The Bertz CT molecular complexity index is 782. The van der Waals surface area contributed by atoms with E-state index in [2.05, 4.69) is 20.3 Å². The summed E-state index contributed by atoms with van der Waals surface area (Å²) in [5, 5.41) is 3.56. The number of nitrogens with zero attached hydrogens (tertiary/aromatic N) is 3. The Kier molecular flexibility index (Phi) is 4.02. The molecule has 0 unspecified atom stereocenters. The van der Waals surface area contributed by atoms with Gasteiger partial charge >= 0.3 is 0 Å². The van der Waals surface area contributed by atoms with Crippen LogP contribution in [0.2, 0.25) is 5.02 Å². The van der Waals surface area contributed by atoms with Crippen LogP contribution in [0.3, 0.4) is 0 Å². The zero-order valence-corrected chi connectivity index (χ0v) is 12.2. The molecule has 0 saturated carbocycles. The van der Waals surface area contributed by atoms with E-state index in [4.69, 9.17) is 22.1 Å². The Morgan fingerprint density at radius 3 is 2.77 bits per heavy atom. The summed E-state index contributed by atoms with van der Waals surface area (Å²) in [6, 6.07) is 10.6. The number of hydrogen-bond donors (Lipinski definition) is 2. The minimum atomic E-state index is 0.389. The molecule has 2 heterocycles. The van der Waals surface area contributed by atoms with E-state index >= 15 is 0 Å². The van der Waals surface area contributed by atoms with Gasteiger partial charge in [-0.3, -0.25) is 4.98 Å². The highest BCUT2D eigenvalue weighted by Gasteiger charge is 2.06. The highest BCUT2D eigenvalue weighted by atomic mass is 35.5. The van der Waals surface area contributed by atoms with E-state index in [0.29, 0.717) is 28.2 Å². The Hall–Kier alpha value is -2.86. The van der Waals surface area contributed by atoms with Crippen molar-refractivity contribution in [2.24, 2.45) is 0 Å². The number of aromatic nitrogens is 3. The van der Waals surface area contributed by atoms with Crippen LogP contribution in [-0.2, 0) is 0 Å². The van der Waals surface area contributed by atoms with E-state index < -0.39 is 0 Å². The van der Waals surface area contributed by atoms with Crippen LogP contribution in [0.4, 0.5) is 17.3 Å². The van der Waals surface area contributed by atoms with Crippen LogP contribution >= 0.6 is 11.6 Å². The van der Waals surface area contributed by atoms with Gasteiger partial charge < -0.3 is 15.8 Å². The largest absolute Gasteiger partial charge is 0.454 e. The second-order valence-corrected chi connectivity index (χ2v) is 4.80. The second-order valence-electron chi connectivity index (χ2n) is 4.39. The van der Waals surface area contributed by atoms with Crippen molar-refractivity contribution in [1.82, 2.24) is 15.0 Å². The van der Waals surface area contributed by atoms with Crippen LogP contribution in [0, 0.1) is 0 Å². The molecule has 110 valence electrons. The van der Waals surface area contributed by atoms with Gasteiger partial charge in [0.05, 0.1) is 11.2 Å². The Morgan fingerprint density at radius 1 is 1.14 bits per heavy atom. The molecule has 0 spiro atoms. The lowest BCUT2D eigenvalue weighted by atomic mass is 10.3. The highest BCUT2D eigenvalue weighted by Crippen LogP contribution is 2.32. The van der Waals surface area contributed by atoms with Crippen LogP contribution in [0.15, 0.2) is 55.1 Å². The van der Waals surface area contributed by atoms with E-state index in [1.54, 1.807) is 42.7 Å². The highest BCUT2D eigenvalue weighted by molar-refractivity contribution is 6.32. The molecular formula is C15H12ClN5O. The average Bonchev–Trinajstić information content (AvgIpc) is 2.51. The van der Waals surface area contributed by atoms with E-state index in [1.165, 1.54) is 6.33 Å². The molecule has 2 aromatic heterocycles. The summed E-state index contributed by atoms with van der Waals surface area (Å²) in [5.74, 6) is 2.14. The molecule has 3 rings (SSSR count). The van der Waals surface area contributed by atoms with Gasteiger partial charge in [-0.15, -0.1) is 0 Å². The van der Waals surface area contributed by atoms with Crippen LogP contribution in [0.5, 0.6) is 11.5 Å². The molecule has 3 N–H and O–H groups in total. The van der Waals surface area contributed by atoms with Crippen LogP contribution in [0.1, 0.15) is 0 Å². The number of benzene rings is 1. The first kappa shape index (κ1) is 14.1. The molecule has 22 heavy (non-hydrogen) atoms. The van der Waals surface area contributed by atoms with Gasteiger partial charge in [-0.2, -0.15) is 0 Å². The molecule has 0 bridgehead atoms. The number of rotatable bonds is 4. The summed E-state index contributed by atoms with van der Waals surface area (Å²) in [6.07, 6.45) is 4.68. The first-order chi connectivity index (χ1) is 10.7. The molecule has 3 aromatic rings. The maximum Gasteiger partial charge on any atom is 0.146 e. The molecule has 0 radical (unpaired) electrons. The van der Waals surface area contributed by atoms with E-state index in [-0.39, 0.29) is 0 Å². The van der Waals surface area contributed by atoms with E-state index in [9.17, 15) is 0 Å². The Labute approximate surface area is 132 Å². The van der Waals surface area contributed by atoms with Crippen molar-refractivity contribution in [2.75, 3.05) is 11.1 Å². The number of anilines is 3. The van der Waals surface area contributed by atoms with Gasteiger partial charge in [0.15, 0.2) is 0 Å². The summed E-state index contributed by atoms with van der Waals surface area (Å²) in [5.41, 5.74) is 6.37. The fourth-order valence-corrected chi connectivity index (χ4v) is 2.00. The lowest BCUT2D eigenvalue weighted by Crippen LogP contribution is -1.97. The van der Waals surface area contributed by atoms with Crippen molar-refractivity contribution in [3.63, 3.8) is 0 Å². The minimum Gasteiger partial charge on any atom is -0.454 e. The third-order valence-electron chi connectivity index (χ3n) is 2.75. The number of ether oxygens (including phenoxy) is 1. The zero-order chi connectivity index (χ0) is 15.4. The Morgan fingerprint density at radius 2 is 2.05 bits per heavy atom. The molecule has 6 nitrogen and oxygen atoms in total. The lowest BCUT2D eigenvalue weighted by Gasteiger charge is -2.10. The smallest absolute Gasteiger partial charge is 0.146 e. The number of nitrogens with one attached hydrogen (secondary N) is 1. The molecule has 0 aliphatic rings. The molecule has 1 aromatic carbocycles. The number of hydrogen-bond acceptors (Lipinski definition) is 6. The topological polar surface area (TPSA) is 86.0 Å². The van der Waals surface area contributed by atoms with Gasteiger partial charge in [0, 0.05) is 18.0 Å². The predicted octanol–water partition coefficient (Wildman–Crippen LogP) is 3.64. The average molecular weight is 314 g/mol. The summed E-state index contributed by atoms with van der Waals surface area (Å²) >= 11 is 6.23. The zero-order valence-electron chi connectivity index (χ0n) is 11.4. The molecule has 0 amide bonds. The van der Waals surface area contributed by atoms with Gasteiger partial charge in [0.1, 0.15) is 29.5 Å². The normalized spacial score (nSPS) is 10.2. The minimum absolute atomic E-state index is 0.389.